The van der Waals surface area contributed by atoms with Crippen LogP contribution in [0.1, 0.15) is 17.6 Å². The maximum atomic E-state index is 5.97. The summed E-state index contributed by atoms with van der Waals surface area (Å²) >= 11 is 5.97. The Hall–Kier alpha value is -1.78. The summed E-state index contributed by atoms with van der Waals surface area (Å²) in [5, 5.41) is 4.87. The largest absolute Gasteiger partial charge is 0.459 e. The Balaban J connectivity index is 2.07. The number of nitrogens with zero attached hydrogens (tertiary/aromatic N) is 1. The Morgan fingerprint density at radius 3 is 3.00 bits per heavy atom. The van der Waals surface area contributed by atoms with E-state index in [-0.39, 0.29) is 6.04 Å². The molecule has 2 aromatic heterocycles. The van der Waals surface area contributed by atoms with Crippen molar-refractivity contribution >= 4 is 22.6 Å². The molecule has 0 spiro atoms. The van der Waals surface area contributed by atoms with E-state index in [1.807, 2.05) is 31.3 Å². The molecule has 1 aromatic carbocycles. The second-order valence-corrected chi connectivity index (χ2v) is 4.46. The monoisotopic (exact) mass is 261 g/mol. The average Bonchev–Trinajstić information content (AvgIpc) is 2.98. The topological polar surface area (TPSA) is 53.9 Å². The first-order chi connectivity index (χ1) is 8.78. The maximum absolute atomic E-state index is 5.97. The van der Waals surface area contributed by atoms with E-state index < -0.39 is 0 Å². The molecule has 92 valence electrons. The van der Waals surface area contributed by atoms with Crippen LogP contribution in [-0.4, -0.2) is 17.0 Å². The summed E-state index contributed by atoms with van der Waals surface area (Å²) in [6.45, 7) is 0. The van der Waals surface area contributed by atoms with Crippen LogP contribution >= 0.6 is 11.6 Å². The molecule has 3 rings (SSSR count). The Kier molecular flexibility index (Phi) is 2.81. The molecule has 0 aliphatic carbocycles. The van der Waals surface area contributed by atoms with Crippen molar-refractivity contribution in [2.45, 2.75) is 6.04 Å². The lowest BCUT2D eigenvalue weighted by atomic mass is 10.2. The lowest BCUT2D eigenvalue weighted by molar-refractivity contribution is 0.481. The van der Waals surface area contributed by atoms with Gasteiger partial charge in [0, 0.05) is 22.8 Å². The number of nitrogens with one attached hydrogen (secondary N) is 2. The molecule has 4 nitrogen and oxygen atoms in total. The normalized spacial score (nSPS) is 13.0. The number of H-pyrrole nitrogens is 1. The highest BCUT2D eigenvalue weighted by molar-refractivity contribution is 6.31. The average molecular weight is 262 g/mol. The molecule has 0 fully saturated rings. The van der Waals surface area contributed by atoms with E-state index in [0.29, 0.717) is 5.02 Å². The molecule has 0 bridgehead atoms. The summed E-state index contributed by atoms with van der Waals surface area (Å²) in [5.74, 6) is 1.63. The van der Waals surface area contributed by atoms with Gasteiger partial charge in [-0.05, 0) is 31.3 Å². The number of imidazole rings is 1. The third-order valence-corrected chi connectivity index (χ3v) is 3.10. The van der Waals surface area contributed by atoms with Crippen LogP contribution < -0.4 is 5.32 Å². The number of rotatable bonds is 3. The number of halogens is 1. The van der Waals surface area contributed by atoms with Crippen molar-refractivity contribution in [3.05, 3.63) is 53.3 Å². The molecule has 5 heteroatoms. The van der Waals surface area contributed by atoms with E-state index in [1.165, 1.54) is 0 Å². The predicted molar refractivity (Wildman–Crippen MR) is 70.7 cm³/mol. The zero-order valence-corrected chi connectivity index (χ0v) is 10.5. The van der Waals surface area contributed by atoms with Gasteiger partial charge in [-0.25, -0.2) is 4.98 Å². The number of aromatic nitrogens is 2. The van der Waals surface area contributed by atoms with Crippen molar-refractivity contribution in [2.24, 2.45) is 0 Å². The highest BCUT2D eigenvalue weighted by atomic mass is 35.5. The van der Waals surface area contributed by atoms with Crippen LogP contribution in [0.25, 0.3) is 11.0 Å². The summed E-state index contributed by atoms with van der Waals surface area (Å²) < 4.78 is 5.82. The van der Waals surface area contributed by atoms with Gasteiger partial charge in [0.05, 0.1) is 0 Å². The van der Waals surface area contributed by atoms with Crippen molar-refractivity contribution in [3.63, 3.8) is 0 Å². The smallest absolute Gasteiger partial charge is 0.134 e. The van der Waals surface area contributed by atoms with Gasteiger partial charge in [-0.2, -0.15) is 0 Å². The van der Waals surface area contributed by atoms with Crippen LogP contribution in [-0.2, 0) is 0 Å². The van der Waals surface area contributed by atoms with Crippen LogP contribution in [0.5, 0.6) is 0 Å². The fourth-order valence-electron chi connectivity index (χ4n) is 2.03. The van der Waals surface area contributed by atoms with Crippen molar-refractivity contribution in [3.8, 4) is 0 Å². The van der Waals surface area contributed by atoms with Crippen molar-refractivity contribution in [1.82, 2.24) is 15.3 Å². The summed E-state index contributed by atoms with van der Waals surface area (Å²) in [5.41, 5.74) is 0.821. The number of benzene rings is 1. The Morgan fingerprint density at radius 2 is 2.28 bits per heavy atom. The molecule has 1 atom stereocenters. The molecule has 2 heterocycles. The summed E-state index contributed by atoms with van der Waals surface area (Å²) in [7, 11) is 1.87. The van der Waals surface area contributed by atoms with Crippen molar-refractivity contribution in [1.29, 1.82) is 0 Å². The predicted octanol–water partition coefficient (Wildman–Crippen LogP) is 3.12. The quantitative estimate of drug-likeness (QED) is 0.762. The van der Waals surface area contributed by atoms with Gasteiger partial charge < -0.3 is 14.7 Å². The van der Waals surface area contributed by atoms with Crippen LogP contribution in [0.3, 0.4) is 0 Å². The minimum atomic E-state index is -0.0915. The van der Waals surface area contributed by atoms with Gasteiger partial charge in [-0.15, -0.1) is 0 Å². The first-order valence-corrected chi connectivity index (χ1v) is 6.01. The van der Waals surface area contributed by atoms with Gasteiger partial charge in [-0.3, -0.25) is 0 Å². The minimum Gasteiger partial charge on any atom is -0.459 e. The van der Waals surface area contributed by atoms with Gasteiger partial charge in [0.1, 0.15) is 23.2 Å². The van der Waals surface area contributed by atoms with E-state index in [4.69, 9.17) is 16.0 Å². The molecule has 0 aliphatic rings. The van der Waals surface area contributed by atoms with Gasteiger partial charge in [-0.1, -0.05) is 11.6 Å². The van der Waals surface area contributed by atoms with E-state index in [2.05, 4.69) is 15.3 Å². The summed E-state index contributed by atoms with van der Waals surface area (Å²) in [6, 6.07) is 7.46. The molecule has 1 unspecified atom stereocenters. The number of hydrogen-bond acceptors (Lipinski definition) is 3. The van der Waals surface area contributed by atoms with E-state index >= 15 is 0 Å². The van der Waals surface area contributed by atoms with Crippen LogP contribution in [0.15, 0.2) is 41.1 Å². The highest BCUT2D eigenvalue weighted by Gasteiger charge is 2.18. The molecule has 18 heavy (non-hydrogen) atoms. The van der Waals surface area contributed by atoms with Crippen molar-refractivity contribution in [2.75, 3.05) is 7.05 Å². The van der Waals surface area contributed by atoms with Gasteiger partial charge in [0.25, 0.3) is 0 Å². The molecule has 0 radical (unpaired) electrons. The number of furan rings is 1. The number of aromatic amines is 1. The van der Waals surface area contributed by atoms with Crippen LogP contribution in [0.4, 0.5) is 0 Å². The first-order valence-electron chi connectivity index (χ1n) is 5.63. The first kappa shape index (κ1) is 11.3. The summed E-state index contributed by atoms with van der Waals surface area (Å²) in [4.78, 5) is 7.33. The van der Waals surface area contributed by atoms with Crippen LogP contribution in [0, 0.1) is 0 Å². The van der Waals surface area contributed by atoms with Gasteiger partial charge >= 0.3 is 0 Å². The highest BCUT2D eigenvalue weighted by Crippen LogP contribution is 2.28. The molecular weight excluding hydrogens is 250 g/mol. The third-order valence-electron chi connectivity index (χ3n) is 2.86. The maximum Gasteiger partial charge on any atom is 0.134 e. The Bertz CT molecular complexity index is 660. The molecule has 0 amide bonds. The van der Waals surface area contributed by atoms with Crippen molar-refractivity contribution < 1.29 is 4.42 Å². The van der Waals surface area contributed by atoms with E-state index in [0.717, 1.165) is 22.6 Å². The second kappa shape index (κ2) is 4.48. The van der Waals surface area contributed by atoms with Gasteiger partial charge in [0.15, 0.2) is 0 Å². The lowest BCUT2D eigenvalue weighted by Crippen LogP contribution is -2.18. The standard InChI is InChI=1S/C13H12ClN3O/c1-15-12(13-16-4-5-17-13)11-7-8-6-9(14)2-3-10(8)18-11/h2-7,12,15H,1H3,(H,16,17). The lowest BCUT2D eigenvalue weighted by Gasteiger charge is -2.09. The van der Waals surface area contributed by atoms with Gasteiger partial charge in [0.2, 0.25) is 0 Å². The summed E-state index contributed by atoms with van der Waals surface area (Å²) in [6.07, 6.45) is 3.51. The second-order valence-electron chi connectivity index (χ2n) is 4.03. The van der Waals surface area contributed by atoms with Crippen LogP contribution in [0.2, 0.25) is 5.02 Å². The zero-order valence-electron chi connectivity index (χ0n) is 9.77. The molecule has 2 N–H and O–H groups in total. The third kappa shape index (κ3) is 1.89. The SMILES string of the molecule is CNC(c1ncc[nH]1)c1cc2cc(Cl)ccc2o1. The fraction of sp³-hybridized carbons (Fsp3) is 0.154. The van der Waals surface area contributed by atoms with E-state index in [9.17, 15) is 0 Å². The van der Waals surface area contributed by atoms with E-state index in [1.54, 1.807) is 12.4 Å². The molecule has 0 saturated heterocycles. The molecular formula is C13H12ClN3O. The minimum absolute atomic E-state index is 0.0915. The Morgan fingerprint density at radius 1 is 1.39 bits per heavy atom. The molecule has 3 aromatic rings. The molecule has 0 aliphatic heterocycles. The number of fused-ring (bicyclic) bond motifs is 1. The number of hydrogen-bond donors (Lipinski definition) is 2. The zero-order chi connectivity index (χ0) is 12.5. The fourth-order valence-corrected chi connectivity index (χ4v) is 2.21. The Labute approximate surface area is 109 Å². The molecule has 0 saturated carbocycles.